The number of aromatic nitrogens is 2. The molecule has 0 fully saturated rings. The van der Waals surface area contributed by atoms with Crippen LogP contribution >= 0.6 is 0 Å². The summed E-state index contributed by atoms with van der Waals surface area (Å²) < 4.78 is 46.6. The monoisotopic (exact) mass is 462 g/mol. The lowest BCUT2D eigenvalue weighted by atomic mass is 10.1. The Morgan fingerprint density at radius 2 is 1.85 bits per heavy atom. The van der Waals surface area contributed by atoms with Gasteiger partial charge in [-0.05, 0) is 35.4 Å². The molecule has 0 saturated carbocycles. The van der Waals surface area contributed by atoms with E-state index in [1.165, 1.54) is 28.0 Å². The van der Waals surface area contributed by atoms with Crippen molar-refractivity contribution >= 4 is 11.7 Å². The first kappa shape index (κ1) is 22.5. The van der Waals surface area contributed by atoms with E-state index >= 15 is 0 Å². The van der Waals surface area contributed by atoms with Crippen LogP contribution in [0.5, 0.6) is 11.5 Å². The minimum Gasteiger partial charge on any atom is -0.497 e. The quantitative estimate of drug-likeness (QED) is 0.585. The van der Waals surface area contributed by atoms with Crippen molar-refractivity contribution in [1.82, 2.24) is 14.9 Å². The Morgan fingerprint density at radius 1 is 1.12 bits per heavy atom. The number of carbonyl (C=O) groups is 1. The Kier molecular flexibility index (Phi) is 5.90. The number of hydrogen-bond donors (Lipinski definition) is 2. The molecule has 1 aliphatic heterocycles. The molecule has 2 aromatic carbocycles. The third-order valence-electron chi connectivity index (χ3n) is 5.18. The number of halogens is 3. The van der Waals surface area contributed by atoms with Gasteiger partial charge >= 0.3 is 6.36 Å². The topological polar surface area (TPSA) is 90.9 Å². The van der Waals surface area contributed by atoms with Crippen molar-refractivity contribution in [2.45, 2.75) is 25.7 Å². The number of aliphatic hydroxyl groups excluding tert-OH is 1. The lowest BCUT2D eigenvalue weighted by Crippen LogP contribution is -2.53. The van der Waals surface area contributed by atoms with Crippen LogP contribution in [0, 0.1) is 0 Å². The zero-order valence-corrected chi connectivity index (χ0v) is 17.8. The zero-order valence-electron chi connectivity index (χ0n) is 17.8. The van der Waals surface area contributed by atoms with Crippen LogP contribution in [0.4, 0.5) is 19.0 Å². The molecule has 1 unspecified atom stereocenters. The summed E-state index contributed by atoms with van der Waals surface area (Å²) >= 11 is 0. The Hall–Kier alpha value is -3.73. The van der Waals surface area contributed by atoms with Crippen molar-refractivity contribution in [2.75, 3.05) is 19.1 Å². The fourth-order valence-corrected chi connectivity index (χ4v) is 3.59. The van der Waals surface area contributed by atoms with Crippen molar-refractivity contribution < 1.29 is 32.5 Å². The van der Waals surface area contributed by atoms with Crippen LogP contribution in [0.3, 0.4) is 0 Å². The number of aromatic amines is 1. The molecule has 1 aliphatic rings. The Balaban J connectivity index is 1.54. The smallest absolute Gasteiger partial charge is 0.497 e. The number of benzene rings is 2. The van der Waals surface area contributed by atoms with Gasteiger partial charge in [-0.15, -0.1) is 13.2 Å². The van der Waals surface area contributed by atoms with Gasteiger partial charge in [-0.3, -0.25) is 9.69 Å². The van der Waals surface area contributed by atoms with Gasteiger partial charge in [-0.1, -0.05) is 24.3 Å². The van der Waals surface area contributed by atoms with Gasteiger partial charge in [0, 0.05) is 13.5 Å². The molecular weight excluding hydrogens is 441 g/mol. The maximum atomic E-state index is 13.1. The molecule has 0 saturated heterocycles. The standard InChI is InChI=1S/C22H21F3N4O4/c1-28-19-18(20(30)29(21(28)31)12-13-6-8-15(32-2)9-7-13)26-17(27-19)11-14-4-3-5-16(10-14)33-22(23,24)25/h3-10,21,31H,11-12H2,1-2H3,(H,26,27). The number of amides is 1. The third kappa shape index (κ3) is 4.87. The van der Waals surface area contributed by atoms with E-state index in [-0.39, 0.29) is 30.2 Å². The van der Waals surface area contributed by atoms with Gasteiger partial charge in [0.1, 0.15) is 23.0 Å². The number of rotatable bonds is 6. The second-order valence-electron chi connectivity index (χ2n) is 7.49. The number of alkyl halides is 3. The summed E-state index contributed by atoms with van der Waals surface area (Å²) in [4.78, 5) is 23.1. The number of carbonyl (C=O) groups excluding carboxylic acids is 1. The summed E-state index contributed by atoms with van der Waals surface area (Å²) in [7, 11) is 3.15. The summed E-state index contributed by atoms with van der Waals surface area (Å²) in [6.45, 7) is 0.152. The summed E-state index contributed by atoms with van der Waals surface area (Å²) in [6.07, 6.45) is -5.90. The molecule has 2 N–H and O–H groups in total. The highest BCUT2D eigenvalue weighted by molar-refractivity contribution is 5.99. The van der Waals surface area contributed by atoms with Crippen LogP contribution in [0.25, 0.3) is 0 Å². The first-order chi connectivity index (χ1) is 15.6. The summed E-state index contributed by atoms with van der Waals surface area (Å²) in [5.74, 6) is 0.510. The number of methoxy groups -OCH3 is 1. The van der Waals surface area contributed by atoms with Crippen LogP contribution in [-0.2, 0) is 13.0 Å². The van der Waals surface area contributed by atoms with E-state index in [1.807, 2.05) is 0 Å². The largest absolute Gasteiger partial charge is 0.573 e. The van der Waals surface area contributed by atoms with Gasteiger partial charge in [0.25, 0.3) is 5.91 Å². The highest BCUT2D eigenvalue weighted by atomic mass is 19.4. The summed E-state index contributed by atoms with van der Waals surface area (Å²) in [6, 6.07) is 12.6. The van der Waals surface area contributed by atoms with E-state index in [0.717, 1.165) is 5.56 Å². The van der Waals surface area contributed by atoms with E-state index < -0.39 is 18.6 Å². The second-order valence-corrected chi connectivity index (χ2v) is 7.49. The minimum atomic E-state index is -4.79. The third-order valence-corrected chi connectivity index (χ3v) is 5.18. The molecule has 8 nitrogen and oxygen atoms in total. The van der Waals surface area contributed by atoms with Gasteiger partial charge in [0.15, 0.2) is 5.82 Å². The number of aliphatic hydroxyl groups is 1. The molecule has 11 heteroatoms. The van der Waals surface area contributed by atoms with Gasteiger partial charge in [0.2, 0.25) is 6.35 Å². The number of nitrogens with one attached hydrogen (secondary N) is 1. The predicted molar refractivity (Wildman–Crippen MR) is 112 cm³/mol. The first-order valence-corrected chi connectivity index (χ1v) is 9.93. The van der Waals surface area contributed by atoms with Crippen LogP contribution in [0.15, 0.2) is 48.5 Å². The molecule has 0 bridgehead atoms. The van der Waals surface area contributed by atoms with E-state index in [9.17, 15) is 23.1 Å². The number of hydrogen-bond acceptors (Lipinski definition) is 6. The Bertz CT molecular complexity index is 1150. The molecule has 3 aromatic rings. The van der Waals surface area contributed by atoms with E-state index in [0.29, 0.717) is 17.1 Å². The van der Waals surface area contributed by atoms with Gasteiger partial charge < -0.3 is 24.5 Å². The lowest BCUT2D eigenvalue weighted by molar-refractivity contribution is -0.274. The van der Waals surface area contributed by atoms with Crippen molar-refractivity contribution in [3.63, 3.8) is 0 Å². The fourth-order valence-electron chi connectivity index (χ4n) is 3.59. The highest BCUT2D eigenvalue weighted by Gasteiger charge is 2.37. The number of anilines is 1. The molecule has 1 aromatic heterocycles. The molecule has 0 spiro atoms. The normalized spacial score (nSPS) is 16.1. The van der Waals surface area contributed by atoms with Gasteiger partial charge in [-0.2, -0.15) is 0 Å². The Morgan fingerprint density at radius 3 is 2.52 bits per heavy atom. The van der Waals surface area contributed by atoms with Crippen LogP contribution in [0.1, 0.15) is 27.4 Å². The molecule has 4 rings (SSSR count). The van der Waals surface area contributed by atoms with Crippen molar-refractivity contribution in [3.8, 4) is 11.5 Å². The molecule has 1 atom stereocenters. The molecule has 1 amide bonds. The maximum Gasteiger partial charge on any atom is 0.573 e. The van der Waals surface area contributed by atoms with Crippen molar-refractivity contribution in [3.05, 3.63) is 71.2 Å². The number of ether oxygens (including phenoxy) is 2. The molecule has 174 valence electrons. The van der Waals surface area contributed by atoms with Crippen LogP contribution in [-0.4, -0.2) is 52.8 Å². The number of fused-ring (bicyclic) bond motifs is 1. The lowest BCUT2D eigenvalue weighted by Gasteiger charge is -2.38. The van der Waals surface area contributed by atoms with Crippen LogP contribution < -0.4 is 14.4 Å². The van der Waals surface area contributed by atoms with Crippen molar-refractivity contribution in [2.24, 2.45) is 0 Å². The summed E-state index contributed by atoms with van der Waals surface area (Å²) in [5, 5.41) is 10.7. The van der Waals surface area contributed by atoms with Gasteiger partial charge in [-0.25, -0.2) is 4.98 Å². The number of imidazole rings is 1. The number of H-pyrrole nitrogens is 1. The minimum absolute atomic E-state index is 0.137. The molecule has 2 heterocycles. The maximum absolute atomic E-state index is 13.1. The Labute approximate surface area is 187 Å². The van der Waals surface area contributed by atoms with E-state index in [4.69, 9.17) is 4.74 Å². The highest BCUT2D eigenvalue weighted by Crippen LogP contribution is 2.30. The fraction of sp³-hybridized carbons (Fsp3) is 0.273. The van der Waals surface area contributed by atoms with Crippen molar-refractivity contribution in [1.29, 1.82) is 0 Å². The van der Waals surface area contributed by atoms with E-state index in [1.54, 1.807) is 44.5 Å². The first-order valence-electron chi connectivity index (χ1n) is 9.93. The summed E-state index contributed by atoms with van der Waals surface area (Å²) in [5.41, 5.74) is 1.49. The molecule has 0 radical (unpaired) electrons. The second kappa shape index (κ2) is 8.66. The molecular formula is C22H21F3N4O4. The predicted octanol–water partition coefficient (Wildman–Crippen LogP) is 3.28. The molecule has 33 heavy (non-hydrogen) atoms. The molecule has 0 aliphatic carbocycles. The van der Waals surface area contributed by atoms with Crippen LogP contribution in [0.2, 0.25) is 0 Å². The average molecular weight is 462 g/mol. The SMILES string of the molecule is COc1ccc(CN2C(=O)c3[nH]c(Cc4cccc(OC(F)(F)F)c4)nc3N(C)C2O)cc1. The van der Waals surface area contributed by atoms with E-state index in [2.05, 4.69) is 14.7 Å². The average Bonchev–Trinajstić information content (AvgIpc) is 3.19. The zero-order chi connectivity index (χ0) is 23.8. The number of nitrogens with zero attached hydrogens (tertiary/aromatic N) is 3. The van der Waals surface area contributed by atoms with Gasteiger partial charge in [0.05, 0.1) is 13.7 Å².